The monoisotopic (exact) mass is 163 g/mol. The maximum absolute atomic E-state index is 10.6. The van der Waals surface area contributed by atoms with Crippen LogP contribution in [0.25, 0.3) is 0 Å². The molecule has 1 aromatic carbocycles. The van der Waals surface area contributed by atoms with Crippen LogP contribution in [-0.4, -0.2) is 12.2 Å². The van der Waals surface area contributed by atoms with E-state index in [0.717, 1.165) is 5.56 Å². The molecular formula is C9H9NO2. The molecule has 0 saturated heterocycles. The summed E-state index contributed by atoms with van der Waals surface area (Å²) in [5.41, 5.74) is 1.69. The predicted octanol–water partition coefficient (Wildman–Crippen LogP) is 1.13. The molecule has 0 aliphatic heterocycles. The van der Waals surface area contributed by atoms with Gasteiger partial charge in [-0.25, -0.2) is 0 Å². The number of carbonyl (C=O) groups is 2. The molecule has 0 atom stereocenters. The number of hydrogen-bond acceptors (Lipinski definition) is 2. The van der Waals surface area contributed by atoms with Crippen molar-refractivity contribution in [2.75, 3.05) is 5.32 Å². The molecule has 0 aliphatic rings. The molecule has 0 spiro atoms. The summed E-state index contributed by atoms with van der Waals surface area (Å²) in [4.78, 5) is 20.6. The first kappa shape index (κ1) is 8.46. The Labute approximate surface area is 70.4 Å². The van der Waals surface area contributed by atoms with E-state index in [0.29, 0.717) is 5.69 Å². The summed E-state index contributed by atoms with van der Waals surface area (Å²) in [6, 6.07) is 7.25. The zero-order valence-electron chi connectivity index (χ0n) is 6.70. The van der Waals surface area contributed by atoms with Crippen molar-refractivity contribution in [2.24, 2.45) is 0 Å². The van der Waals surface area contributed by atoms with Crippen molar-refractivity contribution in [1.82, 2.24) is 0 Å². The molecule has 3 heteroatoms. The third-order valence-electron chi connectivity index (χ3n) is 1.39. The van der Waals surface area contributed by atoms with Gasteiger partial charge in [0.15, 0.2) is 0 Å². The van der Waals surface area contributed by atoms with Crippen LogP contribution in [0.2, 0.25) is 0 Å². The van der Waals surface area contributed by atoms with Gasteiger partial charge >= 0.3 is 0 Å². The van der Waals surface area contributed by atoms with Crippen LogP contribution in [0.4, 0.5) is 5.69 Å². The summed E-state index contributed by atoms with van der Waals surface area (Å²) in [5.74, 6) is -0.624. The molecular weight excluding hydrogens is 154 g/mol. The second-order valence-corrected chi connectivity index (χ2v) is 2.48. The molecule has 1 aromatic rings. The lowest BCUT2D eigenvalue weighted by atomic mass is 10.2. The minimum atomic E-state index is -0.624. The molecule has 0 radical (unpaired) electrons. The van der Waals surface area contributed by atoms with Crippen LogP contribution in [0.1, 0.15) is 5.56 Å². The average Bonchev–Trinajstić information content (AvgIpc) is 2.04. The Morgan fingerprint density at radius 1 is 1.50 bits per heavy atom. The number of amides is 1. The predicted molar refractivity (Wildman–Crippen MR) is 45.9 cm³/mol. The normalized spacial score (nSPS) is 9.08. The van der Waals surface area contributed by atoms with Crippen LogP contribution >= 0.6 is 0 Å². The molecule has 62 valence electrons. The summed E-state index contributed by atoms with van der Waals surface area (Å²) in [6.45, 7) is 1.91. The van der Waals surface area contributed by atoms with E-state index in [9.17, 15) is 9.59 Å². The molecule has 0 aliphatic carbocycles. The molecule has 3 nitrogen and oxygen atoms in total. The zero-order chi connectivity index (χ0) is 8.97. The van der Waals surface area contributed by atoms with Crippen molar-refractivity contribution >= 4 is 17.9 Å². The van der Waals surface area contributed by atoms with Gasteiger partial charge in [0.05, 0.1) is 0 Å². The van der Waals surface area contributed by atoms with E-state index in [2.05, 4.69) is 5.32 Å². The summed E-state index contributed by atoms with van der Waals surface area (Å²) in [7, 11) is 0. The summed E-state index contributed by atoms with van der Waals surface area (Å²) >= 11 is 0. The summed E-state index contributed by atoms with van der Waals surface area (Å²) in [6.07, 6.45) is 0.252. The standard InChI is InChI=1S/C9H9NO2/c1-7-3-2-4-8(5-7)10-9(12)6-11/h2-6H,1H3,(H,10,12). The Hall–Kier alpha value is -1.64. The van der Waals surface area contributed by atoms with E-state index >= 15 is 0 Å². The van der Waals surface area contributed by atoms with Gasteiger partial charge in [0.1, 0.15) is 0 Å². The molecule has 0 aromatic heterocycles. The third kappa shape index (κ3) is 2.20. The van der Waals surface area contributed by atoms with Crippen LogP contribution in [0.15, 0.2) is 24.3 Å². The van der Waals surface area contributed by atoms with E-state index in [-0.39, 0.29) is 6.29 Å². The first-order valence-electron chi connectivity index (χ1n) is 3.55. The van der Waals surface area contributed by atoms with Crippen LogP contribution in [0.3, 0.4) is 0 Å². The highest BCUT2D eigenvalue weighted by Gasteiger charge is 1.97. The number of carbonyl (C=O) groups excluding carboxylic acids is 2. The van der Waals surface area contributed by atoms with E-state index in [1.54, 1.807) is 12.1 Å². The van der Waals surface area contributed by atoms with E-state index < -0.39 is 5.91 Å². The second-order valence-electron chi connectivity index (χ2n) is 2.48. The number of benzene rings is 1. The number of hydrogen-bond donors (Lipinski definition) is 1. The van der Waals surface area contributed by atoms with Gasteiger partial charge in [0.25, 0.3) is 5.91 Å². The van der Waals surface area contributed by atoms with Crippen molar-refractivity contribution in [3.63, 3.8) is 0 Å². The molecule has 1 amide bonds. The fourth-order valence-electron chi connectivity index (χ4n) is 0.895. The van der Waals surface area contributed by atoms with Gasteiger partial charge in [0.2, 0.25) is 6.29 Å². The van der Waals surface area contributed by atoms with Gasteiger partial charge in [-0.1, -0.05) is 12.1 Å². The molecule has 0 heterocycles. The third-order valence-corrected chi connectivity index (χ3v) is 1.39. The fraction of sp³-hybridized carbons (Fsp3) is 0.111. The van der Waals surface area contributed by atoms with Gasteiger partial charge in [-0.15, -0.1) is 0 Å². The maximum atomic E-state index is 10.6. The fourth-order valence-corrected chi connectivity index (χ4v) is 0.895. The molecule has 0 fully saturated rings. The Morgan fingerprint density at radius 3 is 2.83 bits per heavy atom. The minimum absolute atomic E-state index is 0.252. The van der Waals surface area contributed by atoms with E-state index in [1.807, 2.05) is 19.1 Å². The van der Waals surface area contributed by atoms with Crippen LogP contribution in [0, 0.1) is 6.92 Å². The van der Waals surface area contributed by atoms with Crippen molar-refractivity contribution in [3.8, 4) is 0 Å². The Kier molecular flexibility index (Phi) is 2.58. The largest absolute Gasteiger partial charge is 0.320 e. The minimum Gasteiger partial charge on any atom is -0.320 e. The van der Waals surface area contributed by atoms with Gasteiger partial charge in [-0.3, -0.25) is 9.59 Å². The number of nitrogens with one attached hydrogen (secondary N) is 1. The maximum Gasteiger partial charge on any atom is 0.288 e. The van der Waals surface area contributed by atoms with Gasteiger partial charge in [-0.05, 0) is 24.6 Å². The first-order chi connectivity index (χ1) is 5.72. The van der Waals surface area contributed by atoms with Crippen molar-refractivity contribution in [1.29, 1.82) is 0 Å². The van der Waals surface area contributed by atoms with Gasteiger partial charge in [0, 0.05) is 5.69 Å². The molecule has 0 unspecified atom stereocenters. The van der Waals surface area contributed by atoms with Gasteiger partial charge in [-0.2, -0.15) is 0 Å². The van der Waals surface area contributed by atoms with Crippen LogP contribution in [0.5, 0.6) is 0 Å². The molecule has 0 bridgehead atoms. The molecule has 12 heavy (non-hydrogen) atoms. The Balaban J connectivity index is 2.76. The highest BCUT2D eigenvalue weighted by molar-refractivity contribution is 6.29. The van der Waals surface area contributed by atoms with Crippen molar-refractivity contribution < 1.29 is 9.59 Å². The highest BCUT2D eigenvalue weighted by atomic mass is 16.2. The van der Waals surface area contributed by atoms with E-state index in [4.69, 9.17) is 0 Å². The van der Waals surface area contributed by atoms with Crippen molar-refractivity contribution in [3.05, 3.63) is 29.8 Å². The quantitative estimate of drug-likeness (QED) is 0.524. The number of anilines is 1. The lowest BCUT2D eigenvalue weighted by Gasteiger charge is -2.00. The number of rotatable bonds is 2. The second kappa shape index (κ2) is 3.67. The topological polar surface area (TPSA) is 46.2 Å². The lowest BCUT2D eigenvalue weighted by Crippen LogP contribution is -2.11. The molecule has 1 N–H and O–H groups in total. The number of aldehydes is 1. The van der Waals surface area contributed by atoms with Crippen LogP contribution < -0.4 is 5.32 Å². The Bertz CT molecular complexity index is 307. The average molecular weight is 163 g/mol. The summed E-state index contributed by atoms with van der Waals surface area (Å²) < 4.78 is 0. The molecule has 0 saturated carbocycles. The SMILES string of the molecule is Cc1cccc(NC(=O)C=O)c1. The molecule has 1 rings (SSSR count). The first-order valence-corrected chi connectivity index (χ1v) is 3.55. The van der Waals surface area contributed by atoms with Gasteiger partial charge < -0.3 is 5.32 Å². The Morgan fingerprint density at radius 2 is 2.25 bits per heavy atom. The van der Waals surface area contributed by atoms with Crippen LogP contribution in [-0.2, 0) is 9.59 Å². The zero-order valence-corrected chi connectivity index (χ0v) is 6.70. The van der Waals surface area contributed by atoms with Crippen molar-refractivity contribution in [2.45, 2.75) is 6.92 Å². The highest BCUT2D eigenvalue weighted by Crippen LogP contribution is 2.08. The van der Waals surface area contributed by atoms with E-state index in [1.165, 1.54) is 0 Å². The number of aryl methyl sites for hydroxylation is 1. The smallest absolute Gasteiger partial charge is 0.288 e. The lowest BCUT2D eigenvalue weighted by molar-refractivity contribution is -0.127. The summed E-state index contributed by atoms with van der Waals surface area (Å²) in [5, 5.41) is 2.43.